The van der Waals surface area contributed by atoms with Crippen molar-refractivity contribution in [1.82, 2.24) is 0 Å². The van der Waals surface area contributed by atoms with E-state index in [9.17, 15) is 0 Å². The summed E-state index contributed by atoms with van der Waals surface area (Å²) in [5.41, 5.74) is 7.55. The van der Waals surface area contributed by atoms with Crippen LogP contribution in [0.25, 0.3) is 0 Å². The van der Waals surface area contributed by atoms with Crippen molar-refractivity contribution in [2.45, 2.75) is 6.42 Å². The minimum atomic E-state index is 0.440. The van der Waals surface area contributed by atoms with Crippen LogP contribution in [0.2, 0.25) is 0 Å². The molecule has 0 amide bonds. The van der Waals surface area contributed by atoms with Crippen LogP contribution in [-0.2, 0) is 6.42 Å². The second-order valence-corrected chi connectivity index (χ2v) is 5.17. The predicted octanol–water partition coefficient (Wildman–Crippen LogP) is 3.04. The van der Waals surface area contributed by atoms with Crippen molar-refractivity contribution >= 4 is 34.2 Å². The standard InChI is InChI=1S/C13H14N2S2/c14-13(16)10-3-5-11(6-4-10)15-8-7-12-2-1-9-17-12/h1-6,9,15H,7-8H2,(H2,14,16). The smallest absolute Gasteiger partial charge is 0.103 e. The number of anilines is 1. The van der Waals surface area contributed by atoms with E-state index in [0.29, 0.717) is 4.99 Å². The average molecular weight is 262 g/mol. The minimum Gasteiger partial charge on any atom is -0.389 e. The van der Waals surface area contributed by atoms with Gasteiger partial charge in [0.1, 0.15) is 4.99 Å². The van der Waals surface area contributed by atoms with Gasteiger partial charge in [-0.25, -0.2) is 0 Å². The Morgan fingerprint density at radius 2 is 2.00 bits per heavy atom. The number of nitrogens with one attached hydrogen (secondary N) is 1. The molecule has 0 saturated carbocycles. The van der Waals surface area contributed by atoms with E-state index in [4.69, 9.17) is 18.0 Å². The van der Waals surface area contributed by atoms with Crippen molar-refractivity contribution in [3.05, 3.63) is 52.2 Å². The zero-order valence-corrected chi connectivity index (χ0v) is 11.0. The quantitative estimate of drug-likeness (QED) is 0.813. The maximum atomic E-state index is 5.54. The summed E-state index contributed by atoms with van der Waals surface area (Å²) in [4.78, 5) is 1.84. The molecule has 0 unspecified atom stereocenters. The monoisotopic (exact) mass is 262 g/mol. The molecule has 0 bridgehead atoms. The first-order chi connectivity index (χ1) is 8.25. The Balaban J connectivity index is 1.85. The number of hydrogen-bond donors (Lipinski definition) is 2. The van der Waals surface area contributed by atoms with E-state index in [1.807, 2.05) is 24.3 Å². The zero-order chi connectivity index (χ0) is 12.1. The van der Waals surface area contributed by atoms with Crippen LogP contribution in [0, 0.1) is 0 Å². The van der Waals surface area contributed by atoms with Gasteiger partial charge in [-0.3, -0.25) is 0 Å². The molecule has 1 aromatic heterocycles. The van der Waals surface area contributed by atoms with Gasteiger partial charge >= 0.3 is 0 Å². The SMILES string of the molecule is NC(=S)c1ccc(NCCc2cccs2)cc1. The number of nitrogens with two attached hydrogens (primary N) is 1. The highest BCUT2D eigenvalue weighted by Crippen LogP contribution is 2.12. The Hall–Kier alpha value is -1.39. The molecule has 88 valence electrons. The Bertz CT molecular complexity index is 475. The minimum absolute atomic E-state index is 0.440. The van der Waals surface area contributed by atoms with Gasteiger partial charge in [0.05, 0.1) is 0 Å². The average Bonchev–Trinajstić information content (AvgIpc) is 2.83. The molecule has 0 fully saturated rings. The Labute approximate surface area is 110 Å². The van der Waals surface area contributed by atoms with Crippen molar-refractivity contribution in [1.29, 1.82) is 0 Å². The summed E-state index contributed by atoms with van der Waals surface area (Å²) in [5.74, 6) is 0. The normalized spacial score (nSPS) is 10.1. The van der Waals surface area contributed by atoms with Crippen molar-refractivity contribution in [3.63, 3.8) is 0 Å². The fourth-order valence-corrected chi connectivity index (χ4v) is 2.38. The molecule has 2 nitrogen and oxygen atoms in total. The summed E-state index contributed by atoms with van der Waals surface area (Å²) in [7, 11) is 0. The van der Waals surface area contributed by atoms with Gasteiger partial charge in [-0.2, -0.15) is 0 Å². The Morgan fingerprint density at radius 3 is 2.59 bits per heavy atom. The molecule has 1 aromatic carbocycles. The van der Waals surface area contributed by atoms with Gasteiger partial charge < -0.3 is 11.1 Å². The Kier molecular flexibility index (Phi) is 4.12. The van der Waals surface area contributed by atoms with Crippen LogP contribution in [-0.4, -0.2) is 11.5 Å². The number of thiocarbonyl (C=S) groups is 1. The molecular formula is C13H14N2S2. The maximum absolute atomic E-state index is 5.54. The third-order valence-corrected chi connectivity index (χ3v) is 3.62. The van der Waals surface area contributed by atoms with E-state index in [1.165, 1.54) is 4.88 Å². The van der Waals surface area contributed by atoms with Crippen LogP contribution < -0.4 is 11.1 Å². The molecule has 0 aliphatic carbocycles. The fourth-order valence-electron chi connectivity index (χ4n) is 1.54. The molecule has 4 heteroatoms. The van der Waals surface area contributed by atoms with E-state index in [2.05, 4.69) is 22.8 Å². The lowest BCUT2D eigenvalue weighted by atomic mass is 10.2. The third kappa shape index (κ3) is 3.54. The highest BCUT2D eigenvalue weighted by molar-refractivity contribution is 7.80. The van der Waals surface area contributed by atoms with Crippen LogP contribution >= 0.6 is 23.6 Å². The van der Waals surface area contributed by atoms with E-state index >= 15 is 0 Å². The fraction of sp³-hybridized carbons (Fsp3) is 0.154. The highest BCUT2D eigenvalue weighted by atomic mass is 32.1. The molecule has 2 rings (SSSR count). The first-order valence-corrected chi connectivity index (χ1v) is 6.70. The number of thiophene rings is 1. The summed E-state index contributed by atoms with van der Waals surface area (Å²) in [6.07, 6.45) is 1.05. The molecule has 0 atom stereocenters. The summed E-state index contributed by atoms with van der Waals surface area (Å²) in [6.45, 7) is 0.937. The van der Waals surface area contributed by atoms with E-state index in [0.717, 1.165) is 24.2 Å². The molecule has 0 spiro atoms. The van der Waals surface area contributed by atoms with Crippen LogP contribution in [0.3, 0.4) is 0 Å². The Morgan fingerprint density at radius 1 is 1.24 bits per heavy atom. The van der Waals surface area contributed by atoms with Crippen molar-refractivity contribution in [2.24, 2.45) is 5.73 Å². The maximum Gasteiger partial charge on any atom is 0.103 e. The lowest BCUT2D eigenvalue weighted by Gasteiger charge is -2.06. The van der Waals surface area contributed by atoms with Crippen molar-refractivity contribution < 1.29 is 0 Å². The van der Waals surface area contributed by atoms with Gasteiger partial charge in [0, 0.05) is 22.7 Å². The molecule has 0 aliphatic heterocycles. The number of hydrogen-bond acceptors (Lipinski definition) is 3. The van der Waals surface area contributed by atoms with Crippen molar-refractivity contribution in [2.75, 3.05) is 11.9 Å². The molecule has 0 saturated heterocycles. The van der Waals surface area contributed by atoms with Crippen LogP contribution in [0.1, 0.15) is 10.4 Å². The van der Waals surface area contributed by atoms with Crippen LogP contribution in [0.5, 0.6) is 0 Å². The largest absolute Gasteiger partial charge is 0.389 e. The number of benzene rings is 1. The summed E-state index contributed by atoms with van der Waals surface area (Å²) >= 11 is 6.70. The number of rotatable bonds is 5. The zero-order valence-electron chi connectivity index (χ0n) is 9.35. The van der Waals surface area contributed by atoms with Gasteiger partial charge in [-0.1, -0.05) is 18.3 Å². The second kappa shape index (κ2) is 5.80. The topological polar surface area (TPSA) is 38.0 Å². The first-order valence-electron chi connectivity index (χ1n) is 5.42. The molecule has 1 heterocycles. The summed E-state index contributed by atoms with van der Waals surface area (Å²) in [5, 5.41) is 5.48. The lowest BCUT2D eigenvalue weighted by molar-refractivity contribution is 1.04. The summed E-state index contributed by atoms with van der Waals surface area (Å²) in [6, 6.07) is 12.1. The second-order valence-electron chi connectivity index (χ2n) is 3.70. The third-order valence-electron chi connectivity index (χ3n) is 2.45. The molecular weight excluding hydrogens is 248 g/mol. The molecule has 0 aliphatic rings. The molecule has 3 N–H and O–H groups in total. The van der Waals surface area contributed by atoms with Gasteiger partial charge in [0.15, 0.2) is 0 Å². The van der Waals surface area contributed by atoms with Crippen molar-refractivity contribution in [3.8, 4) is 0 Å². The summed E-state index contributed by atoms with van der Waals surface area (Å²) < 4.78 is 0. The predicted molar refractivity (Wildman–Crippen MR) is 78.8 cm³/mol. The first kappa shape index (κ1) is 12.1. The van der Waals surface area contributed by atoms with Crippen LogP contribution in [0.15, 0.2) is 41.8 Å². The van der Waals surface area contributed by atoms with E-state index < -0.39 is 0 Å². The van der Waals surface area contributed by atoms with Gasteiger partial charge in [0.2, 0.25) is 0 Å². The van der Waals surface area contributed by atoms with Crippen LogP contribution in [0.4, 0.5) is 5.69 Å². The van der Waals surface area contributed by atoms with Gasteiger partial charge in [-0.05, 0) is 42.1 Å². The van der Waals surface area contributed by atoms with Gasteiger partial charge in [-0.15, -0.1) is 11.3 Å². The molecule has 17 heavy (non-hydrogen) atoms. The molecule has 0 radical (unpaired) electrons. The van der Waals surface area contributed by atoms with E-state index in [-0.39, 0.29) is 0 Å². The molecule has 2 aromatic rings. The van der Waals surface area contributed by atoms with E-state index in [1.54, 1.807) is 11.3 Å². The van der Waals surface area contributed by atoms with Gasteiger partial charge in [0.25, 0.3) is 0 Å². The lowest BCUT2D eigenvalue weighted by Crippen LogP contribution is -2.09. The highest BCUT2D eigenvalue weighted by Gasteiger charge is 1.97.